The Balaban J connectivity index is 1.97. The molecule has 0 amide bonds. The van der Waals surface area contributed by atoms with Gasteiger partial charge in [0.15, 0.2) is 11.6 Å². The number of para-hydroxylation sites is 1. The number of rotatable bonds is 12. The van der Waals surface area contributed by atoms with Crippen LogP contribution in [0.2, 0.25) is 0 Å². The fraction of sp³-hybridized carbons (Fsp3) is 0.370. The number of terminal acetylenes is 1. The van der Waals surface area contributed by atoms with Gasteiger partial charge in [0.25, 0.3) is 0 Å². The number of hydrogen-bond donors (Lipinski definition) is 1. The summed E-state index contributed by atoms with van der Waals surface area (Å²) < 4.78 is 40.9. The highest BCUT2D eigenvalue weighted by molar-refractivity contribution is 5.43. The number of hydrogen-bond acceptors (Lipinski definition) is 5. The summed E-state index contributed by atoms with van der Waals surface area (Å²) >= 11 is 0. The van der Waals surface area contributed by atoms with Gasteiger partial charge in [-0.05, 0) is 37.1 Å². The van der Waals surface area contributed by atoms with Crippen LogP contribution in [0.4, 0.5) is 8.78 Å². The van der Waals surface area contributed by atoms with Crippen molar-refractivity contribution in [3.8, 4) is 29.7 Å². The quantitative estimate of drug-likeness (QED) is 0.298. The van der Waals surface area contributed by atoms with E-state index in [-0.39, 0.29) is 19.0 Å². The average Bonchev–Trinajstić information content (AvgIpc) is 3.11. The van der Waals surface area contributed by atoms with Crippen molar-refractivity contribution in [2.24, 2.45) is 5.92 Å². The van der Waals surface area contributed by atoms with E-state index in [0.29, 0.717) is 37.1 Å². The Labute approximate surface area is 205 Å². The Morgan fingerprint density at radius 3 is 2.54 bits per heavy atom. The van der Waals surface area contributed by atoms with Crippen LogP contribution >= 0.6 is 0 Å². The first-order valence-corrected chi connectivity index (χ1v) is 11.5. The zero-order valence-corrected chi connectivity index (χ0v) is 20.2. The van der Waals surface area contributed by atoms with Crippen LogP contribution in [0.5, 0.6) is 11.6 Å². The average molecular weight is 484 g/mol. The van der Waals surface area contributed by atoms with E-state index in [2.05, 4.69) is 29.8 Å². The van der Waals surface area contributed by atoms with Crippen molar-refractivity contribution in [1.82, 2.24) is 14.7 Å². The molecule has 1 atom stereocenters. The van der Waals surface area contributed by atoms with Gasteiger partial charge in [-0.3, -0.25) is 4.90 Å². The second-order valence-corrected chi connectivity index (χ2v) is 8.75. The lowest BCUT2D eigenvalue weighted by Gasteiger charge is -2.27. The fourth-order valence-corrected chi connectivity index (χ4v) is 3.78. The number of halogens is 2. The Hall–Kier alpha value is -3.25. The molecule has 0 saturated heterocycles. The van der Waals surface area contributed by atoms with Crippen LogP contribution in [0.1, 0.15) is 25.1 Å². The number of aliphatic hydroxyl groups excluding tert-OH is 1. The zero-order chi connectivity index (χ0) is 25.4. The predicted molar refractivity (Wildman–Crippen MR) is 131 cm³/mol. The number of aryl methyl sites for hydroxylation is 1. The van der Waals surface area contributed by atoms with Gasteiger partial charge in [0.2, 0.25) is 5.88 Å². The molecule has 186 valence electrons. The minimum absolute atomic E-state index is 0.108. The molecule has 0 radical (unpaired) electrons. The first kappa shape index (κ1) is 26.4. The lowest BCUT2D eigenvalue weighted by Crippen LogP contribution is -2.37. The number of benzene rings is 2. The van der Waals surface area contributed by atoms with E-state index >= 15 is 0 Å². The first-order valence-electron chi connectivity index (χ1n) is 11.5. The first-order chi connectivity index (χ1) is 16.8. The molecule has 35 heavy (non-hydrogen) atoms. The maximum absolute atomic E-state index is 14.5. The summed E-state index contributed by atoms with van der Waals surface area (Å²) in [5.74, 6) is 1.42. The van der Waals surface area contributed by atoms with E-state index in [9.17, 15) is 13.9 Å². The normalized spacial score (nSPS) is 12.2. The highest BCUT2D eigenvalue weighted by atomic mass is 19.1. The molecule has 6 nitrogen and oxygen atoms in total. The van der Waals surface area contributed by atoms with E-state index in [1.807, 2.05) is 37.3 Å². The maximum Gasteiger partial charge on any atom is 0.227 e. The van der Waals surface area contributed by atoms with Crippen molar-refractivity contribution in [3.63, 3.8) is 0 Å². The largest absolute Gasteiger partial charge is 0.435 e. The predicted octanol–water partition coefficient (Wildman–Crippen LogP) is 4.72. The zero-order valence-electron chi connectivity index (χ0n) is 20.2. The number of nitrogens with zero attached hydrogens (tertiary/aromatic N) is 3. The van der Waals surface area contributed by atoms with Crippen LogP contribution in [0.15, 0.2) is 48.5 Å². The second kappa shape index (κ2) is 12.5. The molecule has 0 saturated carbocycles. The van der Waals surface area contributed by atoms with Gasteiger partial charge in [-0.2, -0.15) is 5.10 Å². The molecule has 0 aliphatic rings. The van der Waals surface area contributed by atoms with E-state index in [0.717, 1.165) is 23.4 Å². The molecular formula is C27H31F2N3O3. The highest BCUT2D eigenvalue weighted by Crippen LogP contribution is 2.33. The highest BCUT2D eigenvalue weighted by Gasteiger charge is 2.24. The summed E-state index contributed by atoms with van der Waals surface area (Å²) in [4.78, 5) is 2.07. The number of ether oxygens (including phenoxy) is 2. The molecule has 1 heterocycles. The third-order valence-corrected chi connectivity index (χ3v) is 5.21. The van der Waals surface area contributed by atoms with Crippen LogP contribution in [0, 0.1) is 36.8 Å². The van der Waals surface area contributed by atoms with E-state index in [4.69, 9.17) is 15.9 Å². The van der Waals surface area contributed by atoms with Crippen molar-refractivity contribution < 1.29 is 23.4 Å². The van der Waals surface area contributed by atoms with Gasteiger partial charge >= 0.3 is 0 Å². The Kier molecular flexibility index (Phi) is 9.38. The smallest absolute Gasteiger partial charge is 0.227 e. The van der Waals surface area contributed by atoms with E-state index < -0.39 is 17.7 Å². The third kappa shape index (κ3) is 7.36. The molecule has 1 aromatic heterocycles. The lowest BCUT2D eigenvalue weighted by molar-refractivity contribution is 0.0236. The Bertz CT molecular complexity index is 1140. The van der Waals surface area contributed by atoms with Crippen molar-refractivity contribution >= 4 is 0 Å². The summed E-state index contributed by atoms with van der Waals surface area (Å²) in [5.41, 5.74) is 2.16. The van der Waals surface area contributed by atoms with Crippen molar-refractivity contribution in [3.05, 3.63) is 71.4 Å². The minimum Gasteiger partial charge on any atom is -0.435 e. The molecule has 0 aliphatic heterocycles. The second-order valence-electron chi connectivity index (χ2n) is 8.75. The molecule has 0 bridgehead atoms. The monoisotopic (exact) mass is 483 g/mol. The fourth-order valence-electron chi connectivity index (χ4n) is 3.78. The van der Waals surface area contributed by atoms with Crippen LogP contribution < -0.4 is 4.74 Å². The maximum atomic E-state index is 14.5. The SMILES string of the molecule is C#CCOC[C@@H](O)CN(Cc1c(C)nn(-c2ccccc2)c1Oc1ccc(F)cc1F)CC(C)C. The topological polar surface area (TPSA) is 59.8 Å². The van der Waals surface area contributed by atoms with Gasteiger partial charge in [0.1, 0.15) is 12.4 Å². The molecule has 3 rings (SSSR count). The van der Waals surface area contributed by atoms with Crippen molar-refractivity contribution in [2.75, 3.05) is 26.3 Å². The Morgan fingerprint density at radius 2 is 1.89 bits per heavy atom. The van der Waals surface area contributed by atoms with E-state index in [1.165, 1.54) is 6.07 Å². The van der Waals surface area contributed by atoms with Gasteiger partial charge < -0.3 is 14.6 Å². The molecule has 2 aromatic carbocycles. The van der Waals surface area contributed by atoms with Crippen LogP contribution in [-0.2, 0) is 11.3 Å². The van der Waals surface area contributed by atoms with Gasteiger partial charge in [0, 0.05) is 25.7 Å². The molecule has 0 unspecified atom stereocenters. The molecule has 3 aromatic rings. The number of aromatic nitrogens is 2. The van der Waals surface area contributed by atoms with Gasteiger partial charge in [-0.15, -0.1) is 6.42 Å². The molecule has 0 spiro atoms. The molecule has 1 N–H and O–H groups in total. The van der Waals surface area contributed by atoms with Crippen molar-refractivity contribution in [2.45, 2.75) is 33.4 Å². The van der Waals surface area contributed by atoms with Crippen molar-refractivity contribution in [1.29, 1.82) is 0 Å². The minimum atomic E-state index is -0.811. The third-order valence-electron chi connectivity index (χ3n) is 5.21. The summed E-state index contributed by atoms with van der Waals surface area (Å²) in [6, 6.07) is 12.5. The van der Waals surface area contributed by atoms with E-state index in [1.54, 1.807) is 4.68 Å². The summed E-state index contributed by atoms with van der Waals surface area (Å²) in [7, 11) is 0. The standard InChI is InChI=1S/C27H31F2N3O3/c1-5-13-34-18-23(33)16-31(15-19(2)3)17-24-20(4)30-32(22-9-7-6-8-10-22)27(24)35-26-12-11-21(28)14-25(26)29/h1,6-12,14,19,23,33H,13,15-18H2,2-4H3/t23-/m0/s1. The van der Waals surface area contributed by atoms with Gasteiger partial charge in [-0.1, -0.05) is 38.0 Å². The lowest BCUT2D eigenvalue weighted by atomic mass is 10.1. The van der Waals surface area contributed by atoms with Gasteiger partial charge in [0.05, 0.1) is 29.7 Å². The van der Waals surface area contributed by atoms with Crippen LogP contribution in [-0.4, -0.2) is 52.2 Å². The number of aliphatic hydroxyl groups is 1. The molecular weight excluding hydrogens is 452 g/mol. The molecule has 0 aliphatic carbocycles. The Morgan fingerprint density at radius 1 is 1.14 bits per heavy atom. The summed E-state index contributed by atoms with van der Waals surface area (Å²) in [6.07, 6.45) is 4.47. The summed E-state index contributed by atoms with van der Waals surface area (Å²) in [6.45, 7) is 7.68. The van der Waals surface area contributed by atoms with Crippen LogP contribution in [0.3, 0.4) is 0 Å². The van der Waals surface area contributed by atoms with Crippen LogP contribution in [0.25, 0.3) is 5.69 Å². The van der Waals surface area contributed by atoms with Gasteiger partial charge in [-0.25, -0.2) is 13.5 Å². The molecule has 8 heteroatoms. The summed E-state index contributed by atoms with van der Waals surface area (Å²) in [5, 5.41) is 15.1. The molecule has 0 fully saturated rings.